The van der Waals surface area contributed by atoms with Gasteiger partial charge in [0.05, 0.1) is 32.2 Å². The van der Waals surface area contributed by atoms with E-state index in [2.05, 4.69) is 15.0 Å². The maximum atomic E-state index is 11.0. The van der Waals surface area contributed by atoms with Crippen LogP contribution in [0.2, 0.25) is 0 Å². The van der Waals surface area contributed by atoms with Gasteiger partial charge in [-0.3, -0.25) is 4.57 Å². The molecule has 3 rings (SSSR count). The summed E-state index contributed by atoms with van der Waals surface area (Å²) >= 11 is 0. The van der Waals surface area contributed by atoms with Crippen LogP contribution in [0.5, 0.6) is 0 Å². The van der Waals surface area contributed by atoms with E-state index in [1.807, 2.05) is 30.3 Å². The first kappa shape index (κ1) is 19.4. The van der Waals surface area contributed by atoms with E-state index in [0.29, 0.717) is 24.3 Å². The minimum atomic E-state index is -4.25. The zero-order valence-electron chi connectivity index (χ0n) is 14.4. The van der Waals surface area contributed by atoms with Crippen molar-refractivity contribution in [2.24, 2.45) is 0 Å². The molecule has 0 amide bonds. The summed E-state index contributed by atoms with van der Waals surface area (Å²) in [7, 11) is -4.25. The highest BCUT2D eigenvalue weighted by Gasteiger charge is 2.18. The highest BCUT2D eigenvalue weighted by Crippen LogP contribution is 2.33. The van der Waals surface area contributed by atoms with Crippen LogP contribution in [0.3, 0.4) is 0 Å². The van der Waals surface area contributed by atoms with Gasteiger partial charge in [-0.2, -0.15) is 0 Å². The molecule has 10 nitrogen and oxygen atoms in total. The van der Waals surface area contributed by atoms with Gasteiger partial charge in [0.25, 0.3) is 0 Å². The van der Waals surface area contributed by atoms with Crippen molar-refractivity contribution in [3.05, 3.63) is 48.5 Å². The molecule has 11 heteroatoms. The van der Waals surface area contributed by atoms with E-state index in [4.69, 9.17) is 25.0 Å². The van der Waals surface area contributed by atoms with Crippen LogP contribution in [0.25, 0.3) is 11.2 Å². The average molecular weight is 393 g/mol. The largest absolute Gasteiger partial charge is 0.382 e. The Morgan fingerprint density at radius 2 is 1.96 bits per heavy atom. The second-order valence-corrected chi connectivity index (χ2v) is 7.50. The summed E-state index contributed by atoms with van der Waals surface area (Å²) in [4.78, 5) is 30.2. The molecule has 0 fully saturated rings. The van der Waals surface area contributed by atoms with Gasteiger partial charge in [0.15, 0.2) is 11.5 Å². The van der Waals surface area contributed by atoms with Gasteiger partial charge in [0.2, 0.25) is 0 Å². The Hall–Kier alpha value is -2.36. The first-order valence-corrected chi connectivity index (χ1v) is 9.91. The Kier molecular flexibility index (Phi) is 6.15. The van der Waals surface area contributed by atoms with Gasteiger partial charge >= 0.3 is 7.60 Å². The maximum absolute atomic E-state index is 11.0. The number of imidazole rings is 1. The van der Waals surface area contributed by atoms with Gasteiger partial charge in [0.1, 0.15) is 18.2 Å². The maximum Gasteiger partial charge on any atom is 0.350 e. The smallest absolute Gasteiger partial charge is 0.350 e. The molecule has 1 atom stereocenters. The third-order valence-electron chi connectivity index (χ3n) is 3.72. The van der Waals surface area contributed by atoms with Gasteiger partial charge < -0.3 is 29.6 Å². The molecule has 2 aromatic heterocycles. The van der Waals surface area contributed by atoms with Crippen LogP contribution in [0.1, 0.15) is 5.56 Å². The lowest BCUT2D eigenvalue weighted by atomic mass is 10.2. The van der Waals surface area contributed by atoms with Crippen LogP contribution in [-0.4, -0.2) is 48.4 Å². The Labute approximate surface area is 155 Å². The standard InChI is InChI=1S/C16H20N5O5P/c17-15-14-16(19-9-18-15)21(10-20-14)6-13(8-25-11-27(22,23)24)26-7-12-4-2-1-3-5-12/h1-5,9-10,13H,6-8,11H2,(H2,17,18,19)(H2,22,23,24). The summed E-state index contributed by atoms with van der Waals surface area (Å²) < 4.78 is 23.8. The predicted octanol–water partition coefficient (Wildman–Crippen LogP) is 1.15. The van der Waals surface area contributed by atoms with E-state index >= 15 is 0 Å². The monoisotopic (exact) mass is 393 g/mol. The molecule has 27 heavy (non-hydrogen) atoms. The lowest BCUT2D eigenvalue weighted by molar-refractivity contribution is -0.0255. The molecule has 0 saturated heterocycles. The molecule has 0 radical (unpaired) electrons. The van der Waals surface area contributed by atoms with Crippen molar-refractivity contribution in [1.29, 1.82) is 0 Å². The number of hydrogen-bond acceptors (Lipinski definition) is 7. The van der Waals surface area contributed by atoms with Crippen molar-refractivity contribution >= 4 is 24.6 Å². The minimum absolute atomic E-state index is 0.00180. The number of rotatable bonds is 9. The molecular formula is C16H20N5O5P. The molecule has 144 valence electrons. The fourth-order valence-corrected chi connectivity index (χ4v) is 2.84. The van der Waals surface area contributed by atoms with Crippen LogP contribution >= 0.6 is 7.60 Å². The van der Waals surface area contributed by atoms with E-state index in [0.717, 1.165) is 5.56 Å². The van der Waals surface area contributed by atoms with Crippen LogP contribution in [0, 0.1) is 0 Å². The topological polar surface area (TPSA) is 146 Å². The van der Waals surface area contributed by atoms with Crippen molar-refractivity contribution in [1.82, 2.24) is 19.5 Å². The minimum Gasteiger partial charge on any atom is -0.382 e. The number of benzene rings is 1. The van der Waals surface area contributed by atoms with Crippen molar-refractivity contribution in [3.8, 4) is 0 Å². The molecule has 0 bridgehead atoms. The molecule has 1 aromatic carbocycles. The van der Waals surface area contributed by atoms with Gasteiger partial charge in [-0.05, 0) is 5.56 Å². The Morgan fingerprint density at radius 1 is 1.19 bits per heavy atom. The summed E-state index contributed by atoms with van der Waals surface area (Å²) in [6.45, 7) is 0.646. The quantitative estimate of drug-likeness (QED) is 0.456. The average Bonchev–Trinajstić information content (AvgIpc) is 3.04. The van der Waals surface area contributed by atoms with Gasteiger partial charge in [-0.25, -0.2) is 15.0 Å². The zero-order chi connectivity index (χ0) is 19.3. The van der Waals surface area contributed by atoms with E-state index in [1.165, 1.54) is 6.33 Å². The number of hydrogen-bond donors (Lipinski definition) is 3. The predicted molar refractivity (Wildman–Crippen MR) is 97.6 cm³/mol. The zero-order valence-corrected chi connectivity index (χ0v) is 15.3. The molecular weight excluding hydrogens is 373 g/mol. The van der Waals surface area contributed by atoms with E-state index in [-0.39, 0.29) is 12.4 Å². The second kappa shape index (κ2) is 8.55. The number of anilines is 1. The summed E-state index contributed by atoms with van der Waals surface area (Å²) in [5, 5.41) is 0. The van der Waals surface area contributed by atoms with Crippen LogP contribution in [-0.2, 0) is 27.2 Å². The Morgan fingerprint density at radius 3 is 2.70 bits per heavy atom. The highest BCUT2D eigenvalue weighted by molar-refractivity contribution is 7.51. The molecule has 0 aliphatic carbocycles. The van der Waals surface area contributed by atoms with E-state index in [9.17, 15) is 4.57 Å². The number of nitrogen functional groups attached to an aromatic ring is 1. The number of ether oxygens (including phenoxy) is 2. The van der Waals surface area contributed by atoms with Crippen molar-refractivity contribution in [2.45, 2.75) is 19.3 Å². The highest BCUT2D eigenvalue weighted by atomic mass is 31.2. The van der Waals surface area contributed by atoms with Gasteiger partial charge in [-0.15, -0.1) is 0 Å². The molecule has 2 heterocycles. The molecule has 4 N–H and O–H groups in total. The summed E-state index contributed by atoms with van der Waals surface area (Å²) in [6.07, 6.45) is 1.76. The van der Waals surface area contributed by atoms with Gasteiger partial charge in [0, 0.05) is 0 Å². The Bertz CT molecular complexity index is 929. The Balaban J connectivity index is 1.71. The van der Waals surface area contributed by atoms with Crippen LogP contribution in [0.4, 0.5) is 5.82 Å². The normalized spacial score (nSPS) is 13.1. The summed E-state index contributed by atoms with van der Waals surface area (Å²) in [5.41, 5.74) is 7.79. The number of nitrogens with two attached hydrogens (primary N) is 1. The SMILES string of the molecule is Nc1ncnc2c1ncn2CC(COCP(=O)(O)O)OCc1ccccc1. The van der Waals surface area contributed by atoms with Gasteiger partial charge in [-0.1, -0.05) is 30.3 Å². The second-order valence-electron chi connectivity index (χ2n) is 5.91. The van der Waals surface area contributed by atoms with Crippen LogP contribution < -0.4 is 5.73 Å². The first-order chi connectivity index (χ1) is 12.9. The third kappa shape index (κ3) is 5.56. The van der Waals surface area contributed by atoms with E-state index in [1.54, 1.807) is 10.9 Å². The molecule has 0 spiro atoms. The summed E-state index contributed by atoms with van der Waals surface area (Å²) in [5.74, 6) is 0.276. The fourth-order valence-electron chi connectivity index (χ4n) is 2.50. The summed E-state index contributed by atoms with van der Waals surface area (Å²) in [6, 6.07) is 9.57. The third-order valence-corrected chi connectivity index (χ3v) is 4.24. The lowest BCUT2D eigenvalue weighted by Gasteiger charge is -2.19. The molecule has 1 unspecified atom stereocenters. The van der Waals surface area contributed by atoms with Crippen LogP contribution in [0.15, 0.2) is 43.0 Å². The molecule has 0 aliphatic rings. The lowest BCUT2D eigenvalue weighted by Crippen LogP contribution is -2.26. The number of fused-ring (bicyclic) bond motifs is 1. The van der Waals surface area contributed by atoms with E-state index < -0.39 is 20.0 Å². The van der Waals surface area contributed by atoms with Crippen molar-refractivity contribution in [3.63, 3.8) is 0 Å². The molecule has 0 saturated carbocycles. The first-order valence-electron chi connectivity index (χ1n) is 8.11. The number of nitrogens with zero attached hydrogens (tertiary/aromatic N) is 4. The van der Waals surface area contributed by atoms with Crippen molar-refractivity contribution < 1.29 is 23.8 Å². The molecule has 0 aliphatic heterocycles. The van der Waals surface area contributed by atoms with Crippen molar-refractivity contribution in [2.75, 3.05) is 18.7 Å². The number of aromatic nitrogens is 4. The molecule has 3 aromatic rings. The fraction of sp³-hybridized carbons (Fsp3) is 0.312.